The van der Waals surface area contributed by atoms with E-state index in [0.717, 1.165) is 0 Å². The summed E-state index contributed by atoms with van der Waals surface area (Å²) in [6.45, 7) is 1.24. The van der Waals surface area contributed by atoms with E-state index in [1.54, 1.807) is 6.26 Å². The van der Waals surface area contributed by atoms with Crippen LogP contribution in [0.25, 0.3) is 0 Å². The van der Waals surface area contributed by atoms with Gasteiger partial charge in [-0.15, -0.1) is 0 Å². The van der Waals surface area contributed by atoms with Gasteiger partial charge in [0.2, 0.25) is 23.6 Å². The second-order valence-corrected chi connectivity index (χ2v) is 7.78. The lowest BCUT2D eigenvalue weighted by Gasteiger charge is -2.26. The molecular weight excluding hydrogens is 438 g/mol. The Morgan fingerprint density at radius 3 is 2.03 bits per heavy atom. The number of carboxylic acid groups (broad SMARTS) is 1. The zero-order chi connectivity index (χ0) is 23.4. The van der Waals surface area contributed by atoms with Gasteiger partial charge in [0.1, 0.15) is 18.1 Å². The molecule has 0 radical (unpaired) electrons. The average molecular weight is 468 g/mol. The highest BCUT2D eigenvalue weighted by Crippen LogP contribution is 2.04. The SMILES string of the molecule is CSCCC(NC(=O)C(NC(=O)C(N)CC(N)=O)C(C)O)C(=O)NC(CS)C(=O)O. The Hall–Kier alpha value is -2.03. The van der Waals surface area contributed by atoms with Gasteiger partial charge in [-0.1, -0.05) is 0 Å². The first kappa shape index (κ1) is 28.0. The van der Waals surface area contributed by atoms with E-state index in [2.05, 4.69) is 28.6 Å². The minimum absolute atomic E-state index is 0.158. The zero-order valence-corrected chi connectivity index (χ0v) is 18.4. The minimum atomic E-state index is -1.47. The number of aliphatic carboxylic acids is 1. The quantitative estimate of drug-likeness (QED) is 0.120. The predicted octanol–water partition coefficient (Wildman–Crippen LogP) is -3.21. The van der Waals surface area contributed by atoms with E-state index in [0.29, 0.717) is 5.75 Å². The van der Waals surface area contributed by atoms with Crippen LogP contribution >= 0.6 is 24.4 Å². The summed E-state index contributed by atoms with van der Waals surface area (Å²) in [7, 11) is 0. The molecule has 0 aromatic heterocycles. The van der Waals surface area contributed by atoms with Gasteiger partial charge < -0.3 is 37.6 Å². The number of carbonyl (C=O) groups is 5. The third-order valence-electron chi connectivity index (χ3n) is 3.86. The molecule has 9 N–H and O–H groups in total. The number of nitrogens with two attached hydrogens (primary N) is 2. The molecule has 0 saturated heterocycles. The molecule has 0 saturated carbocycles. The number of rotatable bonds is 14. The first-order chi connectivity index (χ1) is 13.9. The minimum Gasteiger partial charge on any atom is -0.480 e. The van der Waals surface area contributed by atoms with E-state index in [9.17, 15) is 29.1 Å². The highest BCUT2D eigenvalue weighted by Gasteiger charge is 2.32. The largest absolute Gasteiger partial charge is 0.480 e. The zero-order valence-electron chi connectivity index (χ0n) is 16.7. The van der Waals surface area contributed by atoms with Gasteiger partial charge in [-0.05, 0) is 25.4 Å². The monoisotopic (exact) mass is 467 g/mol. The van der Waals surface area contributed by atoms with Crippen molar-refractivity contribution in [1.82, 2.24) is 16.0 Å². The fourth-order valence-electron chi connectivity index (χ4n) is 2.20. The highest BCUT2D eigenvalue weighted by atomic mass is 32.2. The maximum absolute atomic E-state index is 12.6. The summed E-state index contributed by atoms with van der Waals surface area (Å²) < 4.78 is 0. The van der Waals surface area contributed by atoms with Crippen LogP contribution in [0.5, 0.6) is 0 Å². The van der Waals surface area contributed by atoms with Crippen molar-refractivity contribution in [3.8, 4) is 0 Å². The summed E-state index contributed by atoms with van der Waals surface area (Å²) >= 11 is 5.26. The number of thioether (sulfide) groups is 1. The van der Waals surface area contributed by atoms with E-state index in [1.807, 2.05) is 0 Å². The van der Waals surface area contributed by atoms with Crippen LogP contribution in [0.3, 0.4) is 0 Å². The second kappa shape index (κ2) is 14.1. The second-order valence-electron chi connectivity index (χ2n) is 6.43. The maximum Gasteiger partial charge on any atom is 0.327 e. The van der Waals surface area contributed by atoms with Gasteiger partial charge in [-0.25, -0.2) is 4.79 Å². The van der Waals surface area contributed by atoms with Crippen LogP contribution in [0.4, 0.5) is 0 Å². The van der Waals surface area contributed by atoms with Crippen LogP contribution in [-0.2, 0) is 24.0 Å². The lowest BCUT2D eigenvalue weighted by Crippen LogP contribution is -2.60. The fraction of sp³-hybridized carbons (Fsp3) is 0.688. The number of hydrogen-bond donors (Lipinski definition) is 8. The molecule has 172 valence electrons. The van der Waals surface area contributed by atoms with Gasteiger partial charge in [0.25, 0.3) is 0 Å². The van der Waals surface area contributed by atoms with Crippen molar-refractivity contribution in [3.63, 3.8) is 0 Å². The van der Waals surface area contributed by atoms with E-state index in [4.69, 9.17) is 16.6 Å². The lowest BCUT2D eigenvalue weighted by atomic mass is 10.1. The summed E-state index contributed by atoms with van der Waals surface area (Å²) in [6, 6.07) is -5.17. The lowest BCUT2D eigenvalue weighted by molar-refractivity contribution is -0.141. The molecule has 0 bridgehead atoms. The van der Waals surface area contributed by atoms with Crippen molar-refractivity contribution in [2.24, 2.45) is 11.5 Å². The summed E-state index contributed by atoms with van der Waals surface area (Å²) in [5.41, 5.74) is 10.5. The number of aliphatic hydroxyl groups is 1. The molecule has 5 atom stereocenters. The first-order valence-corrected chi connectivity index (χ1v) is 10.9. The standard InChI is InChI=1S/C16H29N5O7S2/c1-7(22)12(21-13(24)8(17)5-11(18)23)15(26)19-9(3-4-30-2)14(25)20-10(6-29)16(27)28/h7-10,12,22,29H,3-6,17H2,1-2H3,(H2,18,23)(H,19,26)(H,20,25)(H,21,24)(H,27,28). The molecule has 0 aromatic carbocycles. The Morgan fingerprint density at radius 2 is 1.60 bits per heavy atom. The molecule has 0 heterocycles. The number of aliphatic hydroxyl groups excluding tert-OH is 1. The van der Waals surface area contributed by atoms with Gasteiger partial charge in [0.05, 0.1) is 18.6 Å². The number of hydrogen-bond acceptors (Lipinski definition) is 9. The molecule has 0 spiro atoms. The molecule has 0 aliphatic rings. The number of thiol groups is 1. The van der Waals surface area contributed by atoms with E-state index >= 15 is 0 Å². The van der Waals surface area contributed by atoms with Crippen LogP contribution in [0.1, 0.15) is 19.8 Å². The Morgan fingerprint density at radius 1 is 1.03 bits per heavy atom. The van der Waals surface area contributed by atoms with Crippen molar-refractivity contribution in [3.05, 3.63) is 0 Å². The molecule has 0 fully saturated rings. The Balaban J connectivity index is 5.30. The smallest absolute Gasteiger partial charge is 0.327 e. The van der Waals surface area contributed by atoms with Crippen LogP contribution in [-0.4, -0.2) is 87.8 Å². The fourth-order valence-corrected chi connectivity index (χ4v) is 2.92. The van der Waals surface area contributed by atoms with Crippen molar-refractivity contribution >= 4 is 54.0 Å². The molecule has 0 aliphatic heterocycles. The molecule has 14 heteroatoms. The average Bonchev–Trinajstić information content (AvgIpc) is 2.65. The number of primary amides is 1. The Labute approximate surface area is 183 Å². The van der Waals surface area contributed by atoms with Gasteiger partial charge in [0.15, 0.2) is 0 Å². The van der Waals surface area contributed by atoms with Crippen LogP contribution < -0.4 is 27.4 Å². The molecular formula is C16H29N5O7S2. The van der Waals surface area contributed by atoms with E-state index < -0.39 is 66.3 Å². The van der Waals surface area contributed by atoms with E-state index in [-0.39, 0.29) is 12.2 Å². The third-order valence-corrected chi connectivity index (χ3v) is 4.87. The molecule has 0 aromatic rings. The summed E-state index contributed by atoms with van der Waals surface area (Å²) in [4.78, 5) is 59.1. The molecule has 12 nitrogen and oxygen atoms in total. The molecule has 0 aliphatic carbocycles. The number of nitrogens with one attached hydrogen (secondary N) is 3. The van der Waals surface area contributed by atoms with Gasteiger partial charge >= 0.3 is 5.97 Å². The van der Waals surface area contributed by atoms with E-state index in [1.165, 1.54) is 18.7 Å². The molecule has 0 rings (SSSR count). The summed E-state index contributed by atoms with van der Waals surface area (Å²) in [5.74, 6) is -4.32. The van der Waals surface area contributed by atoms with Crippen molar-refractivity contribution in [2.45, 2.75) is 50.0 Å². The maximum atomic E-state index is 12.6. The number of amides is 4. The van der Waals surface area contributed by atoms with Crippen LogP contribution in [0.2, 0.25) is 0 Å². The first-order valence-electron chi connectivity index (χ1n) is 8.90. The van der Waals surface area contributed by atoms with Crippen molar-refractivity contribution in [1.29, 1.82) is 0 Å². The molecule has 30 heavy (non-hydrogen) atoms. The third kappa shape index (κ3) is 10.1. The van der Waals surface area contributed by atoms with Crippen molar-refractivity contribution in [2.75, 3.05) is 17.8 Å². The Bertz CT molecular complexity index is 635. The van der Waals surface area contributed by atoms with Gasteiger partial charge in [-0.2, -0.15) is 24.4 Å². The number of carboxylic acids is 1. The molecule has 4 amide bonds. The highest BCUT2D eigenvalue weighted by molar-refractivity contribution is 7.98. The molecule has 5 unspecified atom stereocenters. The predicted molar refractivity (Wildman–Crippen MR) is 114 cm³/mol. The summed E-state index contributed by atoms with van der Waals surface area (Å²) in [6.07, 6.45) is 0.130. The van der Waals surface area contributed by atoms with Gasteiger partial charge in [-0.3, -0.25) is 19.2 Å². The van der Waals surface area contributed by atoms with Crippen LogP contribution in [0.15, 0.2) is 0 Å². The summed E-state index contributed by atoms with van der Waals surface area (Å²) in [5, 5.41) is 25.8. The van der Waals surface area contributed by atoms with Gasteiger partial charge in [0, 0.05) is 5.75 Å². The normalized spacial score (nSPS) is 15.8. The Kier molecular flexibility index (Phi) is 13.1. The van der Waals surface area contributed by atoms with Crippen molar-refractivity contribution < 1.29 is 34.2 Å². The van der Waals surface area contributed by atoms with Crippen LogP contribution in [0, 0.1) is 0 Å². The topological polar surface area (TPSA) is 214 Å². The number of carbonyl (C=O) groups excluding carboxylic acids is 4.